The van der Waals surface area contributed by atoms with Gasteiger partial charge in [0.15, 0.2) is 0 Å². The number of hydrogen-bond donors (Lipinski definition) is 2. The minimum absolute atomic E-state index is 0.00821. The number of aliphatic hydroxyl groups excluding tert-OH is 1. The maximum absolute atomic E-state index is 12.1. The van der Waals surface area contributed by atoms with Gasteiger partial charge in [-0.05, 0) is 25.2 Å². The molecule has 0 aromatic carbocycles. The minimum atomic E-state index is -0.809. The van der Waals surface area contributed by atoms with Crippen molar-refractivity contribution >= 4 is 5.91 Å². The molecular formula is C13H20N2O2. The zero-order valence-electron chi connectivity index (χ0n) is 10.7. The number of nitrogens with zero attached hydrogens (tertiary/aromatic N) is 1. The third kappa shape index (κ3) is 1.73. The van der Waals surface area contributed by atoms with Crippen molar-refractivity contribution in [3.05, 3.63) is 0 Å². The third-order valence-electron chi connectivity index (χ3n) is 4.56. The van der Waals surface area contributed by atoms with Crippen LogP contribution in [-0.4, -0.2) is 23.2 Å². The van der Waals surface area contributed by atoms with E-state index in [4.69, 9.17) is 5.26 Å². The first-order valence-electron chi connectivity index (χ1n) is 6.22. The lowest BCUT2D eigenvalue weighted by molar-refractivity contribution is -0.141. The number of nitriles is 1. The molecule has 0 spiro atoms. The Morgan fingerprint density at radius 3 is 2.41 bits per heavy atom. The first kappa shape index (κ1) is 12.4. The summed E-state index contributed by atoms with van der Waals surface area (Å²) in [6, 6.07) is 2.15. The van der Waals surface area contributed by atoms with E-state index < -0.39 is 5.41 Å². The Labute approximate surface area is 102 Å². The highest BCUT2D eigenvalue weighted by Crippen LogP contribution is 2.46. The van der Waals surface area contributed by atoms with E-state index in [1.54, 1.807) is 0 Å². The Hall–Kier alpha value is -1.08. The Kier molecular flexibility index (Phi) is 2.70. The minimum Gasteiger partial charge on any atom is -0.392 e. The molecule has 0 heterocycles. The summed E-state index contributed by atoms with van der Waals surface area (Å²) < 4.78 is 0. The number of nitrogens with one attached hydrogen (secondary N) is 1. The van der Waals surface area contributed by atoms with Crippen LogP contribution in [0.4, 0.5) is 0 Å². The van der Waals surface area contributed by atoms with Gasteiger partial charge in [0.05, 0.1) is 12.2 Å². The van der Waals surface area contributed by atoms with Crippen LogP contribution in [-0.2, 0) is 4.79 Å². The van der Waals surface area contributed by atoms with Crippen LogP contribution in [0, 0.1) is 28.1 Å². The summed E-state index contributed by atoms with van der Waals surface area (Å²) >= 11 is 0. The molecule has 2 N–H and O–H groups in total. The molecule has 17 heavy (non-hydrogen) atoms. The molecule has 0 aromatic rings. The van der Waals surface area contributed by atoms with Crippen molar-refractivity contribution in [1.29, 1.82) is 5.26 Å². The zero-order chi connectivity index (χ0) is 12.8. The van der Waals surface area contributed by atoms with Crippen LogP contribution < -0.4 is 5.32 Å². The highest BCUT2D eigenvalue weighted by molar-refractivity contribution is 5.86. The lowest BCUT2D eigenvalue weighted by atomic mass is 9.61. The van der Waals surface area contributed by atoms with E-state index in [1.165, 1.54) is 0 Å². The highest BCUT2D eigenvalue weighted by atomic mass is 16.3. The molecular weight excluding hydrogens is 216 g/mol. The molecule has 0 radical (unpaired) electrons. The van der Waals surface area contributed by atoms with Gasteiger partial charge in [-0.3, -0.25) is 4.79 Å². The second-order valence-electron chi connectivity index (χ2n) is 6.31. The lowest BCUT2D eigenvalue weighted by Gasteiger charge is -2.51. The molecule has 2 saturated carbocycles. The monoisotopic (exact) mass is 236 g/mol. The predicted molar refractivity (Wildman–Crippen MR) is 62.8 cm³/mol. The van der Waals surface area contributed by atoms with Crippen LogP contribution in [0.3, 0.4) is 0 Å². The van der Waals surface area contributed by atoms with E-state index in [2.05, 4.69) is 18.3 Å². The van der Waals surface area contributed by atoms with Gasteiger partial charge in [-0.2, -0.15) is 5.26 Å². The molecule has 4 nitrogen and oxygen atoms in total. The van der Waals surface area contributed by atoms with E-state index in [-0.39, 0.29) is 23.5 Å². The summed E-state index contributed by atoms with van der Waals surface area (Å²) in [5.41, 5.74) is -1.09. The van der Waals surface area contributed by atoms with Gasteiger partial charge < -0.3 is 10.4 Å². The Bertz CT molecular complexity index is 377. The lowest BCUT2D eigenvalue weighted by Crippen LogP contribution is -2.63. The molecule has 4 heteroatoms. The van der Waals surface area contributed by atoms with Crippen molar-refractivity contribution in [2.24, 2.45) is 16.7 Å². The van der Waals surface area contributed by atoms with E-state index in [1.807, 2.05) is 13.8 Å². The van der Waals surface area contributed by atoms with Crippen LogP contribution >= 0.6 is 0 Å². The third-order valence-corrected chi connectivity index (χ3v) is 4.56. The van der Waals surface area contributed by atoms with Gasteiger partial charge in [-0.15, -0.1) is 0 Å². The summed E-state index contributed by atoms with van der Waals surface area (Å²) in [5, 5.41) is 21.7. The molecule has 1 amide bonds. The van der Waals surface area contributed by atoms with E-state index >= 15 is 0 Å². The summed E-state index contributed by atoms with van der Waals surface area (Å²) in [4.78, 5) is 12.1. The number of aliphatic hydroxyl groups is 1. The second kappa shape index (κ2) is 3.71. The fraction of sp³-hybridized carbons (Fsp3) is 0.846. The van der Waals surface area contributed by atoms with Crippen LogP contribution in [0.15, 0.2) is 0 Å². The van der Waals surface area contributed by atoms with Crippen molar-refractivity contribution < 1.29 is 9.90 Å². The molecule has 0 aliphatic heterocycles. The van der Waals surface area contributed by atoms with Gasteiger partial charge in [-0.1, -0.05) is 20.8 Å². The standard InChI is InChI=1S/C13H20N2O2/c1-8-5-13(6-8,7-14)11(17)15-9-4-10(16)12(9,2)3/h8-10,16H,4-6H2,1-3H3,(H,15,17). The van der Waals surface area contributed by atoms with Crippen LogP contribution in [0.1, 0.15) is 40.0 Å². The number of rotatable bonds is 2. The van der Waals surface area contributed by atoms with Crippen molar-refractivity contribution in [1.82, 2.24) is 5.32 Å². The molecule has 0 aromatic heterocycles. The summed E-state index contributed by atoms with van der Waals surface area (Å²) in [6.07, 6.45) is 1.55. The summed E-state index contributed by atoms with van der Waals surface area (Å²) in [6.45, 7) is 5.93. The summed E-state index contributed by atoms with van der Waals surface area (Å²) in [7, 11) is 0. The van der Waals surface area contributed by atoms with Crippen LogP contribution in [0.2, 0.25) is 0 Å². The molecule has 2 atom stereocenters. The average molecular weight is 236 g/mol. The largest absolute Gasteiger partial charge is 0.392 e. The molecule has 2 fully saturated rings. The Morgan fingerprint density at radius 2 is 2.06 bits per heavy atom. The Morgan fingerprint density at radius 1 is 1.47 bits per heavy atom. The van der Waals surface area contributed by atoms with Gasteiger partial charge in [0.2, 0.25) is 5.91 Å². The SMILES string of the molecule is CC1CC(C#N)(C(=O)NC2CC(O)C2(C)C)C1. The van der Waals surface area contributed by atoms with E-state index in [0.29, 0.717) is 25.2 Å². The smallest absolute Gasteiger partial charge is 0.240 e. The second-order valence-corrected chi connectivity index (χ2v) is 6.31. The number of hydrogen-bond acceptors (Lipinski definition) is 3. The van der Waals surface area contributed by atoms with E-state index in [9.17, 15) is 9.90 Å². The molecule has 0 bridgehead atoms. The fourth-order valence-corrected chi connectivity index (χ4v) is 2.90. The van der Waals surface area contributed by atoms with Gasteiger partial charge in [0, 0.05) is 11.5 Å². The van der Waals surface area contributed by atoms with Gasteiger partial charge in [0.25, 0.3) is 0 Å². The van der Waals surface area contributed by atoms with Crippen molar-refractivity contribution in [3.8, 4) is 6.07 Å². The molecule has 2 aliphatic rings. The summed E-state index contributed by atoms with van der Waals surface area (Å²) in [5.74, 6) is 0.309. The van der Waals surface area contributed by atoms with Crippen molar-refractivity contribution in [2.45, 2.75) is 52.2 Å². The number of carbonyl (C=O) groups excluding carboxylic acids is 1. The number of amides is 1. The van der Waals surface area contributed by atoms with E-state index in [0.717, 1.165) is 0 Å². The zero-order valence-corrected chi connectivity index (χ0v) is 10.7. The van der Waals surface area contributed by atoms with Crippen LogP contribution in [0.5, 0.6) is 0 Å². The highest BCUT2D eigenvalue weighted by Gasteiger charge is 2.53. The predicted octanol–water partition coefficient (Wildman–Crippen LogP) is 1.20. The molecule has 2 unspecified atom stereocenters. The molecule has 94 valence electrons. The Balaban J connectivity index is 1.97. The fourth-order valence-electron chi connectivity index (χ4n) is 2.90. The first-order valence-corrected chi connectivity index (χ1v) is 6.22. The van der Waals surface area contributed by atoms with Crippen molar-refractivity contribution in [2.75, 3.05) is 0 Å². The first-order chi connectivity index (χ1) is 7.82. The maximum atomic E-state index is 12.1. The van der Waals surface area contributed by atoms with Crippen LogP contribution in [0.25, 0.3) is 0 Å². The van der Waals surface area contributed by atoms with Crippen molar-refractivity contribution in [3.63, 3.8) is 0 Å². The molecule has 2 aliphatic carbocycles. The average Bonchev–Trinajstić information content (AvgIpc) is 2.23. The quantitative estimate of drug-likeness (QED) is 0.756. The number of carbonyl (C=O) groups is 1. The van der Waals surface area contributed by atoms with Gasteiger partial charge in [0.1, 0.15) is 5.41 Å². The topological polar surface area (TPSA) is 73.1 Å². The molecule has 2 rings (SSSR count). The normalized spacial score (nSPS) is 42.9. The molecule has 0 saturated heterocycles. The van der Waals surface area contributed by atoms with Gasteiger partial charge >= 0.3 is 0 Å². The maximum Gasteiger partial charge on any atom is 0.240 e. The van der Waals surface area contributed by atoms with Gasteiger partial charge in [-0.25, -0.2) is 0 Å².